The zero-order valence-electron chi connectivity index (χ0n) is 11.5. The third kappa shape index (κ3) is 2.90. The van der Waals surface area contributed by atoms with Crippen molar-refractivity contribution in [2.75, 3.05) is 30.7 Å². The Hall–Kier alpha value is -1.36. The Morgan fingerprint density at radius 2 is 1.94 bits per heavy atom. The lowest BCUT2D eigenvalue weighted by Gasteiger charge is -2.24. The molecule has 100 valence electrons. The van der Waals surface area contributed by atoms with Crippen LogP contribution in [0.3, 0.4) is 0 Å². The van der Waals surface area contributed by atoms with Crippen LogP contribution in [0.2, 0.25) is 0 Å². The van der Waals surface area contributed by atoms with Crippen molar-refractivity contribution in [1.82, 2.24) is 14.9 Å². The van der Waals surface area contributed by atoms with Crippen LogP contribution in [0.5, 0.6) is 0 Å². The summed E-state index contributed by atoms with van der Waals surface area (Å²) < 4.78 is 0. The number of aromatic nitrogens is 2. The van der Waals surface area contributed by atoms with Gasteiger partial charge in [0.15, 0.2) is 0 Å². The fourth-order valence-electron chi connectivity index (χ4n) is 2.38. The molecule has 0 spiro atoms. The molecule has 1 unspecified atom stereocenters. The highest BCUT2D eigenvalue weighted by Gasteiger charge is 2.18. The van der Waals surface area contributed by atoms with Crippen molar-refractivity contribution in [2.24, 2.45) is 0 Å². The van der Waals surface area contributed by atoms with E-state index in [1.807, 2.05) is 13.8 Å². The third-order valence-electron chi connectivity index (χ3n) is 3.62. The molecule has 0 saturated carbocycles. The van der Waals surface area contributed by atoms with Crippen LogP contribution in [0.1, 0.15) is 31.2 Å². The third-order valence-corrected chi connectivity index (χ3v) is 3.62. The molecular formula is C13H23N5. The van der Waals surface area contributed by atoms with Gasteiger partial charge in [0.05, 0.1) is 0 Å². The van der Waals surface area contributed by atoms with Crippen LogP contribution >= 0.6 is 0 Å². The highest BCUT2D eigenvalue weighted by Crippen LogP contribution is 2.18. The van der Waals surface area contributed by atoms with Gasteiger partial charge >= 0.3 is 0 Å². The van der Waals surface area contributed by atoms with Gasteiger partial charge in [-0.15, -0.1) is 0 Å². The quantitative estimate of drug-likeness (QED) is 0.848. The molecule has 5 nitrogen and oxygen atoms in total. The lowest BCUT2D eigenvalue weighted by atomic mass is 10.2. The maximum absolute atomic E-state index is 5.85. The average molecular weight is 249 g/mol. The standard InChI is InChI=1S/C13H23N5/c1-9(18-6-4-5-7-18)8-15-13-10(2)12(14)16-11(3)17-13/h9H,4-8H2,1-3H3,(H3,14,15,16,17). The maximum Gasteiger partial charge on any atom is 0.134 e. The number of anilines is 2. The van der Waals surface area contributed by atoms with Gasteiger partial charge in [-0.1, -0.05) is 0 Å². The minimum absolute atomic E-state index is 0.531. The van der Waals surface area contributed by atoms with Gasteiger partial charge in [-0.2, -0.15) is 0 Å². The Balaban J connectivity index is 1.97. The second kappa shape index (κ2) is 5.52. The molecule has 0 amide bonds. The number of nitrogens with one attached hydrogen (secondary N) is 1. The van der Waals surface area contributed by atoms with Gasteiger partial charge < -0.3 is 11.1 Å². The van der Waals surface area contributed by atoms with Crippen LogP contribution in [-0.4, -0.2) is 40.5 Å². The summed E-state index contributed by atoms with van der Waals surface area (Å²) in [6.07, 6.45) is 2.64. The molecule has 5 heteroatoms. The minimum atomic E-state index is 0.531. The van der Waals surface area contributed by atoms with E-state index in [4.69, 9.17) is 5.73 Å². The summed E-state index contributed by atoms with van der Waals surface area (Å²) in [7, 11) is 0. The van der Waals surface area contributed by atoms with Crippen LogP contribution in [0.4, 0.5) is 11.6 Å². The van der Waals surface area contributed by atoms with E-state index in [0.717, 1.165) is 23.8 Å². The molecule has 2 heterocycles. The van der Waals surface area contributed by atoms with E-state index in [9.17, 15) is 0 Å². The summed E-state index contributed by atoms with van der Waals surface area (Å²) >= 11 is 0. The maximum atomic E-state index is 5.85. The van der Waals surface area contributed by atoms with E-state index in [2.05, 4.69) is 27.1 Å². The summed E-state index contributed by atoms with van der Waals surface area (Å²) in [4.78, 5) is 11.1. The molecule has 1 aliphatic rings. The molecule has 1 aromatic rings. The fraction of sp³-hybridized carbons (Fsp3) is 0.692. The van der Waals surface area contributed by atoms with Crippen molar-refractivity contribution in [1.29, 1.82) is 0 Å². The van der Waals surface area contributed by atoms with Crippen LogP contribution in [0.15, 0.2) is 0 Å². The van der Waals surface area contributed by atoms with Gasteiger partial charge in [-0.3, -0.25) is 4.90 Å². The number of hydrogen-bond donors (Lipinski definition) is 2. The molecular weight excluding hydrogens is 226 g/mol. The number of nitrogen functional groups attached to an aromatic ring is 1. The van der Waals surface area contributed by atoms with E-state index in [1.165, 1.54) is 25.9 Å². The van der Waals surface area contributed by atoms with Gasteiger partial charge in [-0.05, 0) is 46.7 Å². The monoisotopic (exact) mass is 249 g/mol. The highest BCUT2D eigenvalue weighted by atomic mass is 15.2. The predicted octanol–water partition coefficient (Wildman–Crippen LogP) is 1.57. The summed E-state index contributed by atoms with van der Waals surface area (Å²) in [5.41, 5.74) is 6.79. The lowest BCUT2D eigenvalue weighted by molar-refractivity contribution is 0.269. The Bertz CT molecular complexity index is 412. The second-order valence-electron chi connectivity index (χ2n) is 5.10. The van der Waals surface area contributed by atoms with Gasteiger partial charge in [0.2, 0.25) is 0 Å². The van der Waals surface area contributed by atoms with E-state index in [0.29, 0.717) is 11.9 Å². The molecule has 1 atom stereocenters. The molecule has 1 saturated heterocycles. The first-order valence-corrected chi connectivity index (χ1v) is 6.66. The molecule has 1 aromatic heterocycles. The molecule has 3 N–H and O–H groups in total. The zero-order chi connectivity index (χ0) is 13.1. The number of rotatable bonds is 4. The smallest absolute Gasteiger partial charge is 0.134 e. The molecule has 0 aromatic carbocycles. The zero-order valence-corrected chi connectivity index (χ0v) is 11.5. The molecule has 0 radical (unpaired) electrons. The van der Waals surface area contributed by atoms with E-state index >= 15 is 0 Å². The summed E-state index contributed by atoms with van der Waals surface area (Å²) in [6.45, 7) is 9.41. The Morgan fingerprint density at radius 1 is 1.28 bits per heavy atom. The Kier molecular flexibility index (Phi) is 4.01. The molecule has 0 bridgehead atoms. The van der Waals surface area contributed by atoms with E-state index in [-0.39, 0.29) is 0 Å². The summed E-state index contributed by atoms with van der Waals surface area (Å²) in [6, 6.07) is 0.531. The van der Waals surface area contributed by atoms with Crippen molar-refractivity contribution in [3.63, 3.8) is 0 Å². The van der Waals surface area contributed by atoms with Crippen LogP contribution in [0, 0.1) is 13.8 Å². The first kappa shape index (κ1) is 13.1. The Labute approximate surface area is 109 Å². The second-order valence-corrected chi connectivity index (χ2v) is 5.10. The van der Waals surface area contributed by atoms with Crippen molar-refractivity contribution < 1.29 is 0 Å². The number of likely N-dealkylation sites (tertiary alicyclic amines) is 1. The summed E-state index contributed by atoms with van der Waals surface area (Å²) in [5, 5.41) is 3.40. The number of hydrogen-bond acceptors (Lipinski definition) is 5. The topological polar surface area (TPSA) is 67.1 Å². The van der Waals surface area contributed by atoms with Crippen molar-refractivity contribution >= 4 is 11.6 Å². The number of nitrogens with two attached hydrogens (primary N) is 1. The van der Waals surface area contributed by atoms with Crippen molar-refractivity contribution in [3.8, 4) is 0 Å². The highest BCUT2D eigenvalue weighted by molar-refractivity contribution is 5.54. The van der Waals surface area contributed by atoms with Crippen LogP contribution in [0.25, 0.3) is 0 Å². The first-order valence-electron chi connectivity index (χ1n) is 6.66. The molecule has 18 heavy (non-hydrogen) atoms. The number of nitrogens with zero attached hydrogens (tertiary/aromatic N) is 3. The van der Waals surface area contributed by atoms with Gasteiger partial charge in [0.1, 0.15) is 17.5 Å². The fourth-order valence-corrected chi connectivity index (χ4v) is 2.38. The van der Waals surface area contributed by atoms with Crippen molar-refractivity contribution in [3.05, 3.63) is 11.4 Å². The van der Waals surface area contributed by atoms with Gasteiger partial charge in [0, 0.05) is 18.2 Å². The largest absolute Gasteiger partial charge is 0.383 e. The van der Waals surface area contributed by atoms with Gasteiger partial charge in [0.25, 0.3) is 0 Å². The van der Waals surface area contributed by atoms with Crippen molar-refractivity contribution in [2.45, 2.75) is 39.7 Å². The van der Waals surface area contributed by atoms with Crippen LogP contribution < -0.4 is 11.1 Å². The van der Waals surface area contributed by atoms with Gasteiger partial charge in [-0.25, -0.2) is 9.97 Å². The Morgan fingerprint density at radius 3 is 2.61 bits per heavy atom. The first-order chi connectivity index (χ1) is 8.58. The predicted molar refractivity (Wildman–Crippen MR) is 74.7 cm³/mol. The van der Waals surface area contributed by atoms with E-state index < -0.39 is 0 Å². The molecule has 2 rings (SSSR count). The lowest BCUT2D eigenvalue weighted by Crippen LogP contribution is -2.35. The van der Waals surface area contributed by atoms with Crippen LogP contribution in [-0.2, 0) is 0 Å². The molecule has 1 fully saturated rings. The molecule has 1 aliphatic heterocycles. The van der Waals surface area contributed by atoms with E-state index in [1.54, 1.807) is 0 Å². The molecule has 0 aliphatic carbocycles. The number of aryl methyl sites for hydroxylation is 1. The SMILES string of the molecule is Cc1nc(N)c(C)c(NCC(C)N2CCCC2)n1. The average Bonchev–Trinajstić information content (AvgIpc) is 2.85. The normalized spacial score (nSPS) is 17.9. The minimum Gasteiger partial charge on any atom is -0.383 e. The summed E-state index contributed by atoms with van der Waals surface area (Å²) in [5.74, 6) is 2.15.